The molecule has 0 radical (unpaired) electrons. The van der Waals surface area contributed by atoms with Crippen molar-refractivity contribution in [3.63, 3.8) is 0 Å². The standard InChI is InChI=1S/C11H11NS/c1-2-11(5-6-11)10-9(8-3-4-8)12-7-13-10/h1,7-8H,3-6H2. The molecular formula is C11H11NS. The van der Waals surface area contributed by atoms with E-state index >= 15 is 0 Å². The Hall–Kier alpha value is -0.810. The normalized spacial score (nSPS) is 23.9. The fraction of sp³-hybridized carbons (Fsp3) is 0.545. The first-order valence-electron chi connectivity index (χ1n) is 4.77. The number of hydrogen-bond acceptors (Lipinski definition) is 2. The fourth-order valence-electron chi connectivity index (χ4n) is 1.82. The van der Waals surface area contributed by atoms with E-state index in [9.17, 15) is 0 Å². The minimum Gasteiger partial charge on any atom is -0.249 e. The number of aromatic nitrogens is 1. The van der Waals surface area contributed by atoms with Crippen molar-refractivity contribution in [3.05, 3.63) is 16.1 Å². The van der Waals surface area contributed by atoms with Gasteiger partial charge in [0.25, 0.3) is 0 Å². The molecule has 0 spiro atoms. The van der Waals surface area contributed by atoms with Crippen molar-refractivity contribution in [3.8, 4) is 12.3 Å². The minimum absolute atomic E-state index is 0.110. The smallest absolute Gasteiger partial charge is 0.0798 e. The largest absolute Gasteiger partial charge is 0.249 e. The van der Waals surface area contributed by atoms with Crippen LogP contribution in [0.5, 0.6) is 0 Å². The Balaban J connectivity index is 2.04. The monoisotopic (exact) mass is 189 g/mol. The molecule has 0 bridgehead atoms. The van der Waals surface area contributed by atoms with Crippen molar-refractivity contribution in [2.24, 2.45) is 0 Å². The van der Waals surface area contributed by atoms with Crippen LogP contribution in [-0.4, -0.2) is 4.98 Å². The van der Waals surface area contributed by atoms with Gasteiger partial charge in [-0.3, -0.25) is 0 Å². The Labute approximate surface area is 82.2 Å². The van der Waals surface area contributed by atoms with Crippen LogP contribution >= 0.6 is 11.3 Å². The SMILES string of the molecule is C#CC1(c2scnc2C2CC2)CC1. The van der Waals surface area contributed by atoms with Crippen molar-refractivity contribution in [2.45, 2.75) is 37.0 Å². The lowest BCUT2D eigenvalue weighted by atomic mass is 10.0. The summed E-state index contributed by atoms with van der Waals surface area (Å²) >= 11 is 1.76. The maximum absolute atomic E-state index is 5.58. The second-order valence-corrected chi connectivity index (χ2v) is 4.92. The second-order valence-electron chi connectivity index (χ2n) is 4.07. The van der Waals surface area contributed by atoms with Gasteiger partial charge in [-0.05, 0) is 25.7 Å². The molecule has 13 heavy (non-hydrogen) atoms. The number of terminal acetylenes is 1. The average molecular weight is 189 g/mol. The van der Waals surface area contributed by atoms with Crippen LogP contribution in [0.15, 0.2) is 5.51 Å². The lowest BCUT2D eigenvalue weighted by Crippen LogP contribution is -2.03. The molecule has 2 fully saturated rings. The van der Waals surface area contributed by atoms with Crippen LogP contribution in [0, 0.1) is 12.3 Å². The highest BCUT2D eigenvalue weighted by molar-refractivity contribution is 7.10. The third-order valence-electron chi connectivity index (χ3n) is 3.02. The van der Waals surface area contributed by atoms with E-state index in [1.165, 1.54) is 36.3 Å². The van der Waals surface area contributed by atoms with E-state index in [4.69, 9.17) is 6.42 Å². The summed E-state index contributed by atoms with van der Waals surface area (Å²) in [5, 5.41) is 0. The zero-order valence-corrected chi connectivity index (χ0v) is 8.23. The first-order chi connectivity index (χ1) is 6.36. The van der Waals surface area contributed by atoms with Crippen LogP contribution in [0.3, 0.4) is 0 Å². The highest BCUT2D eigenvalue weighted by atomic mass is 32.1. The highest BCUT2D eigenvalue weighted by Gasteiger charge is 2.47. The fourth-order valence-corrected chi connectivity index (χ4v) is 2.92. The van der Waals surface area contributed by atoms with Crippen LogP contribution in [0.1, 0.15) is 42.2 Å². The van der Waals surface area contributed by atoms with Gasteiger partial charge in [0.1, 0.15) is 0 Å². The first-order valence-corrected chi connectivity index (χ1v) is 5.65. The van der Waals surface area contributed by atoms with E-state index in [0.29, 0.717) is 0 Å². The lowest BCUT2D eigenvalue weighted by molar-refractivity contribution is 0.899. The van der Waals surface area contributed by atoms with Crippen molar-refractivity contribution < 1.29 is 0 Å². The molecule has 0 unspecified atom stereocenters. The molecule has 1 heterocycles. The molecule has 0 aliphatic heterocycles. The predicted molar refractivity (Wildman–Crippen MR) is 53.8 cm³/mol. The molecule has 0 amide bonds. The van der Waals surface area contributed by atoms with E-state index < -0.39 is 0 Å². The van der Waals surface area contributed by atoms with Crippen LogP contribution < -0.4 is 0 Å². The molecule has 0 atom stereocenters. The Morgan fingerprint density at radius 3 is 2.85 bits per heavy atom. The number of thiazole rings is 1. The molecule has 1 nitrogen and oxygen atoms in total. The molecule has 0 saturated heterocycles. The summed E-state index contributed by atoms with van der Waals surface area (Å²) in [6.07, 6.45) is 10.6. The Bertz CT molecular complexity index is 377. The molecule has 0 aromatic carbocycles. The van der Waals surface area contributed by atoms with Gasteiger partial charge < -0.3 is 0 Å². The van der Waals surface area contributed by atoms with Crippen molar-refractivity contribution >= 4 is 11.3 Å². The van der Waals surface area contributed by atoms with E-state index in [0.717, 1.165) is 5.92 Å². The third-order valence-corrected chi connectivity index (χ3v) is 4.07. The molecule has 2 aliphatic carbocycles. The van der Waals surface area contributed by atoms with Gasteiger partial charge in [0.2, 0.25) is 0 Å². The van der Waals surface area contributed by atoms with E-state index in [1.807, 2.05) is 5.51 Å². The molecule has 1 aromatic heterocycles. The third kappa shape index (κ3) is 1.04. The first kappa shape index (κ1) is 7.58. The average Bonchev–Trinajstić information content (AvgIpc) is 3.07. The molecule has 0 N–H and O–H groups in total. The molecule has 2 saturated carbocycles. The highest BCUT2D eigenvalue weighted by Crippen LogP contribution is 2.54. The van der Waals surface area contributed by atoms with Crippen LogP contribution in [0.4, 0.5) is 0 Å². The van der Waals surface area contributed by atoms with Crippen LogP contribution in [-0.2, 0) is 5.41 Å². The summed E-state index contributed by atoms with van der Waals surface area (Å²) in [4.78, 5) is 5.86. The van der Waals surface area contributed by atoms with Crippen molar-refractivity contribution in [1.82, 2.24) is 4.98 Å². The van der Waals surface area contributed by atoms with Gasteiger partial charge in [-0.25, -0.2) is 4.98 Å². The number of hydrogen-bond donors (Lipinski definition) is 0. The van der Waals surface area contributed by atoms with E-state index in [-0.39, 0.29) is 5.41 Å². The number of nitrogens with zero attached hydrogens (tertiary/aromatic N) is 1. The zero-order chi connectivity index (χ0) is 8.89. The maximum Gasteiger partial charge on any atom is 0.0798 e. The van der Waals surface area contributed by atoms with Gasteiger partial charge in [0.15, 0.2) is 0 Å². The summed E-state index contributed by atoms with van der Waals surface area (Å²) in [6.45, 7) is 0. The quantitative estimate of drug-likeness (QED) is 0.652. The predicted octanol–water partition coefficient (Wildman–Crippen LogP) is 2.69. The van der Waals surface area contributed by atoms with Gasteiger partial charge in [-0.1, -0.05) is 5.92 Å². The van der Waals surface area contributed by atoms with E-state index in [1.54, 1.807) is 11.3 Å². The summed E-state index contributed by atoms with van der Waals surface area (Å²) in [5.74, 6) is 3.69. The van der Waals surface area contributed by atoms with Crippen LogP contribution in [0.2, 0.25) is 0 Å². The summed E-state index contributed by atoms with van der Waals surface area (Å²) < 4.78 is 0. The topological polar surface area (TPSA) is 12.9 Å². The van der Waals surface area contributed by atoms with Gasteiger partial charge in [0, 0.05) is 10.8 Å². The molecule has 2 heteroatoms. The van der Waals surface area contributed by atoms with Crippen molar-refractivity contribution in [2.75, 3.05) is 0 Å². The number of rotatable bonds is 2. The maximum atomic E-state index is 5.58. The van der Waals surface area contributed by atoms with Gasteiger partial charge in [-0.15, -0.1) is 17.8 Å². The van der Waals surface area contributed by atoms with Gasteiger partial charge >= 0.3 is 0 Å². The summed E-state index contributed by atoms with van der Waals surface area (Å²) in [5.41, 5.74) is 3.39. The summed E-state index contributed by atoms with van der Waals surface area (Å²) in [6, 6.07) is 0. The molecule has 2 aliphatic rings. The molecular weight excluding hydrogens is 178 g/mol. The molecule has 66 valence electrons. The zero-order valence-electron chi connectivity index (χ0n) is 7.42. The second kappa shape index (κ2) is 2.36. The Morgan fingerprint density at radius 2 is 2.31 bits per heavy atom. The van der Waals surface area contributed by atoms with Gasteiger partial charge in [0.05, 0.1) is 16.6 Å². The summed E-state index contributed by atoms with van der Waals surface area (Å²) in [7, 11) is 0. The Kier molecular flexibility index (Phi) is 1.38. The molecule has 3 rings (SSSR count). The van der Waals surface area contributed by atoms with E-state index in [2.05, 4.69) is 10.9 Å². The van der Waals surface area contributed by atoms with Gasteiger partial charge in [-0.2, -0.15) is 0 Å². The molecule has 1 aromatic rings. The Morgan fingerprint density at radius 1 is 1.54 bits per heavy atom. The van der Waals surface area contributed by atoms with Crippen molar-refractivity contribution in [1.29, 1.82) is 0 Å². The minimum atomic E-state index is 0.110. The van der Waals surface area contributed by atoms with Crippen LogP contribution in [0.25, 0.3) is 0 Å². The lowest BCUT2D eigenvalue weighted by Gasteiger charge is -2.05.